The van der Waals surface area contributed by atoms with Crippen molar-refractivity contribution in [3.8, 4) is 5.75 Å². The molecule has 0 aliphatic rings. The van der Waals surface area contributed by atoms with Crippen LogP contribution in [0.1, 0.15) is 96.5 Å². The van der Waals surface area contributed by atoms with Crippen LogP contribution in [0.2, 0.25) is 0 Å². The van der Waals surface area contributed by atoms with Crippen LogP contribution in [-0.2, 0) is 20.7 Å². The van der Waals surface area contributed by atoms with E-state index in [0.29, 0.717) is 12.0 Å². The Morgan fingerprint density at radius 2 is 1.56 bits per heavy atom. The normalized spacial score (nSPS) is 11.6. The van der Waals surface area contributed by atoms with E-state index in [2.05, 4.69) is 12.2 Å². The molecule has 0 heterocycles. The lowest BCUT2D eigenvalue weighted by atomic mass is 10.0. The molecule has 0 saturated heterocycles. The number of carbonyl (C=O) groups is 2. The highest BCUT2D eigenvalue weighted by molar-refractivity contribution is 5.84. The van der Waals surface area contributed by atoms with Crippen LogP contribution < -0.4 is 10.1 Å². The number of hydrogen-bond donors (Lipinski definition) is 1. The van der Waals surface area contributed by atoms with Gasteiger partial charge in [-0.05, 0) is 25.0 Å². The monoisotopic (exact) mass is 478 g/mol. The van der Waals surface area contributed by atoms with E-state index in [4.69, 9.17) is 9.47 Å². The third-order valence-corrected chi connectivity index (χ3v) is 5.79. The second-order valence-electron chi connectivity index (χ2n) is 8.63. The molecule has 8 heteroatoms. The maximum absolute atomic E-state index is 12.4. The topological polar surface area (TPSA) is 108 Å². The van der Waals surface area contributed by atoms with Gasteiger partial charge in [0.25, 0.3) is 0 Å². The van der Waals surface area contributed by atoms with E-state index >= 15 is 0 Å². The third-order valence-electron chi connectivity index (χ3n) is 5.79. The van der Waals surface area contributed by atoms with Gasteiger partial charge in [-0.2, -0.15) is 0 Å². The Kier molecular flexibility index (Phi) is 15.4. The number of ether oxygens (including phenoxy) is 2. The Hall–Kier alpha value is -2.64. The highest BCUT2D eigenvalue weighted by Crippen LogP contribution is 2.28. The van der Waals surface area contributed by atoms with Crippen LogP contribution in [-0.4, -0.2) is 36.6 Å². The number of rotatable bonds is 19. The minimum Gasteiger partial charge on any atom is -0.490 e. The van der Waals surface area contributed by atoms with Crippen molar-refractivity contribution in [1.29, 1.82) is 0 Å². The highest BCUT2D eigenvalue weighted by Gasteiger charge is 2.24. The number of methoxy groups -OCH3 is 1. The molecule has 0 aromatic heterocycles. The summed E-state index contributed by atoms with van der Waals surface area (Å²) in [6.07, 6.45) is 13.6. The van der Waals surface area contributed by atoms with Gasteiger partial charge in [0.05, 0.1) is 18.6 Å². The number of nitro groups is 1. The summed E-state index contributed by atoms with van der Waals surface area (Å²) >= 11 is 0. The molecule has 0 aliphatic carbocycles. The van der Waals surface area contributed by atoms with E-state index in [-0.39, 0.29) is 30.4 Å². The van der Waals surface area contributed by atoms with Crippen LogP contribution in [0.3, 0.4) is 0 Å². The largest absolute Gasteiger partial charge is 0.490 e. The summed E-state index contributed by atoms with van der Waals surface area (Å²) in [4.78, 5) is 35.6. The molecule has 1 amide bonds. The summed E-state index contributed by atoms with van der Waals surface area (Å²) in [5.41, 5.74) is 0.357. The van der Waals surface area contributed by atoms with E-state index < -0.39 is 16.9 Å². The van der Waals surface area contributed by atoms with Crippen LogP contribution in [0.25, 0.3) is 0 Å². The first-order valence-corrected chi connectivity index (χ1v) is 12.7. The van der Waals surface area contributed by atoms with E-state index in [1.54, 1.807) is 13.0 Å². The molecule has 0 saturated carbocycles. The fourth-order valence-corrected chi connectivity index (χ4v) is 3.89. The van der Waals surface area contributed by atoms with E-state index in [1.165, 1.54) is 70.6 Å². The van der Waals surface area contributed by atoms with Gasteiger partial charge in [-0.3, -0.25) is 14.9 Å². The molecule has 0 aliphatic heterocycles. The van der Waals surface area contributed by atoms with E-state index in [1.807, 2.05) is 0 Å². The van der Waals surface area contributed by atoms with Crippen LogP contribution in [0.4, 0.5) is 5.69 Å². The zero-order valence-corrected chi connectivity index (χ0v) is 21.1. The zero-order valence-electron chi connectivity index (χ0n) is 21.1. The fourth-order valence-electron chi connectivity index (χ4n) is 3.89. The van der Waals surface area contributed by atoms with Gasteiger partial charge >= 0.3 is 11.7 Å². The van der Waals surface area contributed by atoms with Crippen LogP contribution in [0, 0.1) is 10.1 Å². The van der Waals surface area contributed by atoms with Gasteiger partial charge < -0.3 is 14.8 Å². The van der Waals surface area contributed by atoms with Gasteiger partial charge in [-0.15, -0.1) is 0 Å². The number of nitro benzene ring substituents is 1. The number of amides is 1. The average Bonchev–Trinajstić information content (AvgIpc) is 2.82. The Bertz CT molecular complexity index is 753. The van der Waals surface area contributed by atoms with Crippen molar-refractivity contribution in [2.45, 2.75) is 103 Å². The lowest BCUT2D eigenvalue weighted by Crippen LogP contribution is -2.43. The van der Waals surface area contributed by atoms with Crippen molar-refractivity contribution < 1.29 is 24.0 Å². The van der Waals surface area contributed by atoms with Gasteiger partial charge in [0, 0.05) is 18.9 Å². The van der Waals surface area contributed by atoms with Crippen LogP contribution in [0.5, 0.6) is 5.75 Å². The smallest absolute Gasteiger partial charge is 0.328 e. The molecule has 8 nitrogen and oxygen atoms in total. The third kappa shape index (κ3) is 12.0. The van der Waals surface area contributed by atoms with Crippen molar-refractivity contribution in [3.05, 3.63) is 33.9 Å². The predicted octanol–water partition coefficient (Wildman–Crippen LogP) is 5.89. The number of benzene rings is 1. The van der Waals surface area contributed by atoms with Crippen molar-refractivity contribution in [2.24, 2.45) is 0 Å². The molecule has 192 valence electrons. The molecule has 34 heavy (non-hydrogen) atoms. The molecule has 1 aromatic rings. The standard InChI is InChI=1S/C26H42N2O6/c1-4-6-7-8-9-10-11-12-13-14-15-16-25(29)27-22(26(30)34-5-2)19-21-17-18-24(33-3)23(20-21)28(31)32/h17-18,20,22H,4-16,19H2,1-3H3,(H,27,29). The number of esters is 1. The van der Waals surface area contributed by atoms with Gasteiger partial charge in [-0.25, -0.2) is 4.79 Å². The Morgan fingerprint density at radius 1 is 0.971 bits per heavy atom. The number of nitrogens with one attached hydrogen (secondary N) is 1. The molecule has 0 spiro atoms. The number of nitrogens with zero attached hydrogens (tertiary/aromatic N) is 1. The zero-order chi connectivity index (χ0) is 25.2. The Balaban J connectivity index is 2.45. The van der Waals surface area contributed by atoms with Crippen molar-refractivity contribution in [3.63, 3.8) is 0 Å². The highest BCUT2D eigenvalue weighted by atomic mass is 16.6. The molecule has 1 aromatic carbocycles. The van der Waals surface area contributed by atoms with Crippen LogP contribution in [0.15, 0.2) is 18.2 Å². The minimum atomic E-state index is -0.895. The second-order valence-corrected chi connectivity index (χ2v) is 8.63. The summed E-state index contributed by atoms with van der Waals surface area (Å²) in [6, 6.07) is 3.60. The van der Waals surface area contributed by atoms with Crippen molar-refractivity contribution in [2.75, 3.05) is 13.7 Å². The molecule has 1 atom stereocenters. The van der Waals surface area contributed by atoms with E-state index in [9.17, 15) is 19.7 Å². The first kappa shape index (κ1) is 29.4. The molecule has 0 fully saturated rings. The Labute approximate surface area is 203 Å². The lowest BCUT2D eigenvalue weighted by molar-refractivity contribution is -0.385. The summed E-state index contributed by atoms with van der Waals surface area (Å²) in [6.45, 7) is 4.11. The predicted molar refractivity (Wildman–Crippen MR) is 133 cm³/mol. The maximum Gasteiger partial charge on any atom is 0.328 e. The van der Waals surface area contributed by atoms with Gasteiger partial charge in [0.15, 0.2) is 5.75 Å². The molecular formula is C26H42N2O6. The maximum atomic E-state index is 12.4. The van der Waals surface area contributed by atoms with Crippen molar-refractivity contribution in [1.82, 2.24) is 5.32 Å². The summed E-state index contributed by atoms with van der Waals surface area (Å²) in [5, 5.41) is 14.0. The number of carbonyl (C=O) groups excluding carboxylic acids is 2. The molecular weight excluding hydrogens is 436 g/mol. The fraction of sp³-hybridized carbons (Fsp3) is 0.692. The summed E-state index contributed by atoms with van der Waals surface area (Å²) in [5.74, 6) is -0.618. The second kappa shape index (κ2) is 17.8. The first-order valence-electron chi connectivity index (χ1n) is 12.7. The van der Waals surface area contributed by atoms with Gasteiger partial charge in [-0.1, -0.05) is 77.2 Å². The quantitative estimate of drug-likeness (QED) is 0.115. The minimum absolute atomic E-state index is 0.105. The summed E-state index contributed by atoms with van der Waals surface area (Å²) in [7, 11) is 1.36. The van der Waals surface area contributed by atoms with E-state index in [0.717, 1.165) is 19.3 Å². The SMILES string of the molecule is CCCCCCCCCCCCCC(=O)NC(Cc1ccc(OC)c([N+](=O)[O-])c1)C(=O)OCC. The molecule has 0 radical (unpaired) electrons. The average molecular weight is 479 g/mol. The van der Waals surface area contributed by atoms with Gasteiger partial charge in [0.2, 0.25) is 5.91 Å². The first-order chi connectivity index (χ1) is 16.4. The molecule has 0 bridgehead atoms. The van der Waals surface area contributed by atoms with Crippen molar-refractivity contribution >= 4 is 17.6 Å². The summed E-state index contributed by atoms with van der Waals surface area (Å²) < 4.78 is 10.1. The molecule has 1 N–H and O–H groups in total. The molecule has 1 rings (SSSR count). The van der Waals surface area contributed by atoms with Crippen LogP contribution >= 0.6 is 0 Å². The Morgan fingerprint density at radius 3 is 2.09 bits per heavy atom. The molecule has 1 unspecified atom stereocenters. The number of hydrogen-bond acceptors (Lipinski definition) is 6. The lowest BCUT2D eigenvalue weighted by Gasteiger charge is -2.17. The number of unbranched alkanes of at least 4 members (excludes halogenated alkanes) is 10. The van der Waals surface area contributed by atoms with Gasteiger partial charge in [0.1, 0.15) is 6.04 Å².